The Hall–Kier alpha value is -2.53. The molecule has 5 heteroatoms. The van der Waals surface area contributed by atoms with Crippen LogP contribution in [0.5, 0.6) is 0 Å². The number of aliphatic hydroxyl groups excluding tert-OH is 1. The van der Waals surface area contributed by atoms with Gasteiger partial charge in [0, 0.05) is 18.3 Å². The summed E-state index contributed by atoms with van der Waals surface area (Å²) in [4.78, 5) is 14.5. The molecular weight excluding hydrogens is 268 g/mol. The van der Waals surface area contributed by atoms with Crippen LogP contribution in [-0.4, -0.2) is 28.9 Å². The number of hydrogen-bond donors (Lipinski definition) is 1. The van der Waals surface area contributed by atoms with Gasteiger partial charge in [0.2, 0.25) is 0 Å². The largest absolute Gasteiger partial charge is 0.394 e. The fraction of sp³-hybridized carbons (Fsp3) is 0.188. The monoisotopic (exact) mass is 284 g/mol. The molecule has 2 aromatic rings. The van der Waals surface area contributed by atoms with Crippen LogP contribution in [0.2, 0.25) is 0 Å². The molecule has 0 radical (unpaired) electrons. The lowest BCUT2D eigenvalue weighted by Crippen LogP contribution is -2.14. The first kappa shape index (κ1) is 14.9. The second-order valence-corrected chi connectivity index (χ2v) is 4.65. The maximum atomic E-state index is 10.6. The highest BCUT2D eigenvalue weighted by atomic mass is 16.6. The molecule has 0 bridgehead atoms. The fourth-order valence-electron chi connectivity index (χ4n) is 1.92. The first-order chi connectivity index (χ1) is 10.2. The summed E-state index contributed by atoms with van der Waals surface area (Å²) in [6, 6.07) is 15.7. The predicted octanol–water partition coefficient (Wildman–Crippen LogP) is 2.62. The molecule has 0 aliphatic rings. The van der Waals surface area contributed by atoms with E-state index in [4.69, 9.17) is 0 Å². The highest BCUT2D eigenvalue weighted by molar-refractivity contribution is 5.79. The molecular formula is C16H16N2O3. The van der Waals surface area contributed by atoms with Crippen LogP contribution in [0.15, 0.2) is 59.6 Å². The molecule has 2 rings (SSSR count). The number of non-ortho nitro benzene ring substituents is 1. The highest BCUT2D eigenvalue weighted by Crippen LogP contribution is 2.14. The van der Waals surface area contributed by atoms with Crippen LogP contribution in [0.25, 0.3) is 0 Å². The van der Waals surface area contributed by atoms with E-state index >= 15 is 0 Å². The van der Waals surface area contributed by atoms with Gasteiger partial charge in [0.15, 0.2) is 0 Å². The Balaban J connectivity index is 2.02. The van der Waals surface area contributed by atoms with Crippen LogP contribution in [0.1, 0.15) is 11.1 Å². The predicted molar refractivity (Wildman–Crippen MR) is 81.7 cm³/mol. The van der Waals surface area contributed by atoms with E-state index < -0.39 is 4.92 Å². The minimum atomic E-state index is -0.430. The van der Waals surface area contributed by atoms with E-state index in [9.17, 15) is 15.2 Å². The van der Waals surface area contributed by atoms with Gasteiger partial charge in [-0.25, -0.2) is 0 Å². The third kappa shape index (κ3) is 4.50. The number of rotatable bonds is 6. The maximum absolute atomic E-state index is 10.6. The number of nitro benzene ring substituents is 1. The van der Waals surface area contributed by atoms with Gasteiger partial charge in [-0.1, -0.05) is 42.5 Å². The number of nitro groups is 1. The van der Waals surface area contributed by atoms with E-state index in [2.05, 4.69) is 4.99 Å². The number of aliphatic hydroxyl groups is 1. The van der Waals surface area contributed by atoms with E-state index in [1.54, 1.807) is 18.3 Å². The Morgan fingerprint density at radius 1 is 1.14 bits per heavy atom. The lowest BCUT2D eigenvalue weighted by molar-refractivity contribution is -0.384. The Kier molecular flexibility index (Phi) is 5.17. The standard InChI is InChI=1S/C16H16N2O3/c19-12-15(17-11-14-4-2-1-3-5-14)10-13-6-8-16(9-7-13)18(20)21/h1-9,11,15,19H,10,12H2/b17-11+/t15-/m0/s1. The van der Waals surface area contributed by atoms with Crippen molar-refractivity contribution in [3.8, 4) is 0 Å². The Bertz CT molecular complexity index is 609. The SMILES string of the molecule is O=[N+]([O-])c1ccc(C[C@@H](CO)/N=C/c2ccccc2)cc1. The first-order valence-corrected chi connectivity index (χ1v) is 6.61. The van der Waals surface area contributed by atoms with Crippen molar-refractivity contribution in [2.24, 2.45) is 4.99 Å². The molecule has 1 atom stereocenters. The lowest BCUT2D eigenvalue weighted by atomic mass is 10.1. The molecule has 0 aliphatic heterocycles. The zero-order valence-electron chi connectivity index (χ0n) is 11.4. The molecule has 0 fully saturated rings. The van der Waals surface area contributed by atoms with Gasteiger partial charge in [0.05, 0.1) is 17.6 Å². The van der Waals surface area contributed by atoms with Crippen molar-refractivity contribution < 1.29 is 10.0 Å². The first-order valence-electron chi connectivity index (χ1n) is 6.61. The van der Waals surface area contributed by atoms with E-state index in [-0.39, 0.29) is 18.3 Å². The minimum absolute atomic E-state index is 0.0621. The zero-order valence-corrected chi connectivity index (χ0v) is 11.4. The minimum Gasteiger partial charge on any atom is -0.394 e. The highest BCUT2D eigenvalue weighted by Gasteiger charge is 2.08. The second-order valence-electron chi connectivity index (χ2n) is 4.65. The average Bonchev–Trinajstić information content (AvgIpc) is 2.53. The summed E-state index contributed by atoms with van der Waals surface area (Å²) in [5, 5.41) is 20.0. The molecule has 21 heavy (non-hydrogen) atoms. The normalized spacial score (nSPS) is 12.4. The van der Waals surface area contributed by atoms with E-state index in [0.717, 1.165) is 11.1 Å². The number of nitrogens with zero attached hydrogens (tertiary/aromatic N) is 2. The van der Waals surface area contributed by atoms with Crippen LogP contribution in [0.3, 0.4) is 0 Å². The zero-order chi connectivity index (χ0) is 15.1. The topological polar surface area (TPSA) is 75.7 Å². The molecule has 2 aromatic carbocycles. The second kappa shape index (κ2) is 7.31. The lowest BCUT2D eigenvalue weighted by Gasteiger charge is -2.09. The van der Waals surface area contributed by atoms with Gasteiger partial charge in [-0.2, -0.15) is 0 Å². The summed E-state index contributed by atoms with van der Waals surface area (Å²) < 4.78 is 0. The molecule has 0 spiro atoms. The molecule has 0 amide bonds. The number of benzene rings is 2. The van der Waals surface area contributed by atoms with Gasteiger partial charge in [0.25, 0.3) is 5.69 Å². The van der Waals surface area contributed by atoms with E-state index in [1.165, 1.54) is 12.1 Å². The van der Waals surface area contributed by atoms with Gasteiger partial charge in [-0.15, -0.1) is 0 Å². The Morgan fingerprint density at radius 3 is 2.38 bits per heavy atom. The molecule has 0 unspecified atom stereocenters. The molecule has 108 valence electrons. The van der Waals surface area contributed by atoms with Gasteiger partial charge in [-0.05, 0) is 17.5 Å². The van der Waals surface area contributed by atoms with Crippen molar-refractivity contribution in [3.05, 3.63) is 75.8 Å². The third-order valence-corrected chi connectivity index (χ3v) is 3.06. The third-order valence-electron chi connectivity index (χ3n) is 3.06. The summed E-state index contributed by atoms with van der Waals surface area (Å²) in [5.74, 6) is 0. The van der Waals surface area contributed by atoms with Gasteiger partial charge in [0.1, 0.15) is 0 Å². The molecule has 0 saturated carbocycles. The van der Waals surface area contributed by atoms with E-state index in [1.807, 2.05) is 30.3 Å². The molecule has 5 nitrogen and oxygen atoms in total. The van der Waals surface area contributed by atoms with Crippen LogP contribution < -0.4 is 0 Å². The summed E-state index contributed by atoms with van der Waals surface area (Å²) in [5.41, 5.74) is 1.94. The average molecular weight is 284 g/mol. The molecule has 0 aromatic heterocycles. The smallest absolute Gasteiger partial charge is 0.269 e. The van der Waals surface area contributed by atoms with Crippen LogP contribution in [-0.2, 0) is 6.42 Å². The molecule has 0 aliphatic carbocycles. The van der Waals surface area contributed by atoms with Crippen molar-refractivity contribution in [1.82, 2.24) is 0 Å². The fourth-order valence-corrected chi connectivity index (χ4v) is 1.92. The molecule has 0 heterocycles. The van der Waals surface area contributed by atoms with Crippen molar-refractivity contribution in [1.29, 1.82) is 0 Å². The molecule has 0 saturated heterocycles. The summed E-state index contributed by atoms with van der Waals surface area (Å²) in [6.45, 7) is -0.0691. The Labute approximate surface area is 122 Å². The molecule has 1 N–H and O–H groups in total. The van der Waals surface area contributed by atoms with Crippen LogP contribution in [0, 0.1) is 10.1 Å². The van der Waals surface area contributed by atoms with Crippen molar-refractivity contribution in [2.75, 3.05) is 6.61 Å². The summed E-state index contributed by atoms with van der Waals surface area (Å²) in [7, 11) is 0. The van der Waals surface area contributed by atoms with Crippen LogP contribution >= 0.6 is 0 Å². The summed E-state index contributed by atoms with van der Waals surface area (Å²) in [6.07, 6.45) is 2.27. The maximum Gasteiger partial charge on any atom is 0.269 e. The summed E-state index contributed by atoms with van der Waals surface area (Å²) >= 11 is 0. The Morgan fingerprint density at radius 2 is 1.81 bits per heavy atom. The van der Waals surface area contributed by atoms with E-state index in [0.29, 0.717) is 6.42 Å². The van der Waals surface area contributed by atoms with Crippen molar-refractivity contribution >= 4 is 11.9 Å². The van der Waals surface area contributed by atoms with Crippen molar-refractivity contribution in [2.45, 2.75) is 12.5 Å². The van der Waals surface area contributed by atoms with Crippen molar-refractivity contribution in [3.63, 3.8) is 0 Å². The van der Waals surface area contributed by atoms with Gasteiger partial charge in [-0.3, -0.25) is 15.1 Å². The quantitative estimate of drug-likeness (QED) is 0.503. The van der Waals surface area contributed by atoms with Gasteiger partial charge < -0.3 is 5.11 Å². The number of hydrogen-bond acceptors (Lipinski definition) is 4. The number of aliphatic imine (C=N–C) groups is 1. The van der Waals surface area contributed by atoms with Gasteiger partial charge >= 0.3 is 0 Å². The van der Waals surface area contributed by atoms with Crippen LogP contribution in [0.4, 0.5) is 5.69 Å².